The molecular weight excluding hydrogens is 418 g/mol. The van der Waals surface area contributed by atoms with Crippen molar-refractivity contribution >= 4 is 17.7 Å². The van der Waals surface area contributed by atoms with Crippen LogP contribution in [0.3, 0.4) is 0 Å². The first kappa shape index (κ1) is 21.8. The number of nitrogens with one attached hydrogen (secondary N) is 1. The number of pyridine rings is 1. The second kappa shape index (κ2) is 10.7. The highest BCUT2D eigenvalue weighted by Crippen LogP contribution is 2.27. The fourth-order valence-electron chi connectivity index (χ4n) is 3.41. The van der Waals surface area contributed by atoms with Crippen molar-refractivity contribution in [1.29, 1.82) is 0 Å². The van der Waals surface area contributed by atoms with Gasteiger partial charge in [0.05, 0.1) is 5.75 Å². The fraction of sp³-hybridized carbons (Fsp3) is 0.200. The number of amides is 1. The van der Waals surface area contributed by atoms with Crippen molar-refractivity contribution in [2.45, 2.75) is 31.0 Å². The van der Waals surface area contributed by atoms with Gasteiger partial charge in [-0.1, -0.05) is 60.3 Å². The van der Waals surface area contributed by atoms with E-state index in [-0.39, 0.29) is 17.7 Å². The first-order valence-corrected chi connectivity index (χ1v) is 11.6. The van der Waals surface area contributed by atoms with E-state index in [0.717, 1.165) is 29.9 Å². The zero-order valence-electron chi connectivity index (χ0n) is 17.9. The predicted molar refractivity (Wildman–Crippen MR) is 128 cm³/mol. The highest BCUT2D eigenvalue weighted by atomic mass is 32.2. The largest absolute Gasteiger partial charge is 0.353 e. The Morgan fingerprint density at radius 3 is 2.38 bits per heavy atom. The van der Waals surface area contributed by atoms with Gasteiger partial charge in [-0.3, -0.25) is 14.3 Å². The lowest BCUT2D eigenvalue weighted by molar-refractivity contribution is -0.119. The monoisotopic (exact) mass is 443 g/mol. The van der Waals surface area contributed by atoms with Crippen LogP contribution in [-0.4, -0.2) is 37.5 Å². The average Bonchev–Trinajstić information content (AvgIpc) is 3.27. The third-order valence-electron chi connectivity index (χ3n) is 5.03. The Labute approximate surface area is 192 Å². The lowest BCUT2D eigenvalue weighted by atomic mass is 10.1. The number of aryl methyl sites for hydroxylation is 1. The minimum atomic E-state index is -0.0105. The average molecular weight is 444 g/mol. The quantitative estimate of drug-likeness (QED) is 0.384. The van der Waals surface area contributed by atoms with Crippen LogP contribution in [0.5, 0.6) is 0 Å². The molecule has 0 saturated heterocycles. The molecule has 162 valence electrons. The van der Waals surface area contributed by atoms with Gasteiger partial charge in [-0.2, -0.15) is 0 Å². The fourth-order valence-corrected chi connectivity index (χ4v) is 4.17. The maximum Gasteiger partial charge on any atom is 0.230 e. The lowest BCUT2D eigenvalue weighted by Gasteiger charge is -2.14. The van der Waals surface area contributed by atoms with Gasteiger partial charge in [-0.05, 0) is 49.6 Å². The molecule has 4 aromatic rings. The zero-order chi connectivity index (χ0) is 22.2. The second-order valence-corrected chi connectivity index (χ2v) is 8.44. The first-order valence-electron chi connectivity index (χ1n) is 10.6. The molecule has 0 aliphatic carbocycles. The molecule has 1 amide bonds. The van der Waals surface area contributed by atoms with Crippen molar-refractivity contribution < 1.29 is 4.79 Å². The van der Waals surface area contributed by atoms with Crippen LogP contribution in [0.2, 0.25) is 0 Å². The number of carbonyl (C=O) groups excluding carboxylic acids is 1. The third kappa shape index (κ3) is 5.62. The Balaban J connectivity index is 1.42. The van der Waals surface area contributed by atoms with Crippen molar-refractivity contribution in [1.82, 2.24) is 25.1 Å². The highest BCUT2D eigenvalue weighted by Gasteiger charge is 2.17. The van der Waals surface area contributed by atoms with Gasteiger partial charge in [0.25, 0.3) is 0 Å². The van der Waals surface area contributed by atoms with E-state index in [0.29, 0.717) is 5.16 Å². The molecule has 0 unspecified atom stereocenters. The van der Waals surface area contributed by atoms with Gasteiger partial charge in [0.1, 0.15) is 0 Å². The second-order valence-electron chi connectivity index (χ2n) is 7.49. The maximum absolute atomic E-state index is 12.6. The summed E-state index contributed by atoms with van der Waals surface area (Å²) in [5.41, 5.74) is 3.15. The van der Waals surface area contributed by atoms with E-state index < -0.39 is 0 Å². The molecule has 2 heterocycles. The number of benzene rings is 2. The molecule has 2 aromatic carbocycles. The van der Waals surface area contributed by atoms with Gasteiger partial charge < -0.3 is 5.32 Å². The molecular formula is C25H25N5OS. The summed E-state index contributed by atoms with van der Waals surface area (Å²) in [5, 5.41) is 12.5. The Bertz CT molecular complexity index is 1130. The molecule has 0 fully saturated rings. The van der Waals surface area contributed by atoms with Crippen molar-refractivity contribution in [2.24, 2.45) is 0 Å². The SMILES string of the molecule is C[C@@H](CCc1ccccc1)NC(=O)CSc1nnc(-c2ccncc2)n1-c1ccccc1. The number of para-hydroxylation sites is 1. The summed E-state index contributed by atoms with van der Waals surface area (Å²) in [6.07, 6.45) is 5.30. The van der Waals surface area contributed by atoms with Crippen LogP contribution in [0.25, 0.3) is 17.1 Å². The van der Waals surface area contributed by atoms with Gasteiger partial charge in [-0.15, -0.1) is 10.2 Å². The number of nitrogens with zero attached hydrogens (tertiary/aromatic N) is 4. The van der Waals surface area contributed by atoms with Crippen LogP contribution in [0, 0.1) is 0 Å². The molecule has 0 bridgehead atoms. The first-order chi connectivity index (χ1) is 15.7. The van der Waals surface area contributed by atoms with E-state index in [2.05, 4.69) is 32.6 Å². The van der Waals surface area contributed by atoms with Crippen LogP contribution in [0.1, 0.15) is 18.9 Å². The zero-order valence-corrected chi connectivity index (χ0v) is 18.7. The summed E-state index contributed by atoms with van der Waals surface area (Å²) in [4.78, 5) is 16.7. The van der Waals surface area contributed by atoms with Crippen LogP contribution in [0.4, 0.5) is 0 Å². The number of hydrogen-bond donors (Lipinski definition) is 1. The molecule has 1 atom stereocenters. The van der Waals surface area contributed by atoms with E-state index in [9.17, 15) is 4.79 Å². The normalized spacial score (nSPS) is 11.8. The third-order valence-corrected chi connectivity index (χ3v) is 5.96. The van der Waals surface area contributed by atoms with Crippen molar-refractivity contribution in [2.75, 3.05) is 5.75 Å². The number of hydrogen-bond acceptors (Lipinski definition) is 5. The molecule has 32 heavy (non-hydrogen) atoms. The minimum absolute atomic E-state index is 0.0105. The summed E-state index contributed by atoms with van der Waals surface area (Å²) in [5.74, 6) is 0.984. The molecule has 7 heteroatoms. The molecule has 0 aliphatic rings. The van der Waals surface area contributed by atoms with Gasteiger partial charge in [-0.25, -0.2) is 0 Å². The number of aromatic nitrogens is 4. The summed E-state index contributed by atoms with van der Waals surface area (Å²) >= 11 is 1.38. The van der Waals surface area contributed by atoms with Gasteiger partial charge >= 0.3 is 0 Å². The Hall–Kier alpha value is -3.45. The standard InChI is InChI=1S/C25H25N5OS/c1-19(12-13-20-8-4-2-5-9-20)27-23(31)18-32-25-29-28-24(21-14-16-26-17-15-21)30(25)22-10-6-3-7-11-22/h2-11,14-17,19H,12-13,18H2,1H3,(H,27,31)/t19-/m0/s1. The molecule has 0 radical (unpaired) electrons. The molecule has 0 aliphatic heterocycles. The highest BCUT2D eigenvalue weighted by molar-refractivity contribution is 7.99. The topological polar surface area (TPSA) is 72.7 Å². The minimum Gasteiger partial charge on any atom is -0.353 e. The maximum atomic E-state index is 12.6. The number of carbonyl (C=O) groups is 1. The van der Waals surface area contributed by atoms with Gasteiger partial charge in [0, 0.05) is 29.7 Å². The molecule has 1 N–H and O–H groups in total. The molecule has 0 spiro atoms. The van der Waals surface area contributed by atoms with Crippen LogP contribution in [0.15, 0.2) is 90.3 Å². The van der Waals surface area contributed by atoms with E-state index in [1.165, 1.54) is 17.3 Å². The Kier molecular flexibility index (Phi) is 7.30. The summed E-state index contributed by atoms with van der Waals surface area (Å²) < 4.78 is 1.98. The lowest BCUT2D eigenvalue weighted by Crippen LogP contribution is -2.34. The summed E-state index contributed by atoms with van der Waals surface area (Å²) in [6, 6.07) is 24.1. The number of rotatable bonds is 9. The molecule has 0 saturated carbocycles. The smallest absolute Gasteiger partial charge is 0.230 e. The van der Waals surface area contributed by atoms with Crippen LogP contribution < -0.4 is 5.32 Å². The van der Waals surface area contributed by atoms with Gasteiger partial charge in [0.15, 0.2) is 11.0 Å². The molecule has 4 rings (SSSR count). The van der Waals surface area contributed by atoms with E-state index >= 15 is 0 Å². The Morgan fingerprint density at radius 2 is 1.66 bits per heavy atom. The Morgan fingerprint density at radius 1 is 0.969 bits per heavy atom. The predicted octanol–water partition coefficient (Wildman–Crippen LogP) is 4.56. The van der Waals surface area contributed by atoms with Gasteiger partial charge in [0.2, 0.25) is 5.91 Å². The van der Waals surface area contributed by atoms with E-state index in [1.807, 2.05) is 72.2 Å². The summed E-state index contributed by atoms with van der Waals surface area (Å²) in [6.45, 7) is 2.04. The molecule has 6 nitrogen and oxygen atoms in total. The number of thioether (sulfide) groups is 1. The van der Waals surface area contributed by atoms with E-state index in [4.69, 9.17) is 0 Å². The van der Waals surface area contributed by atoms with Crippen LogP contribution >= 0.6 is 11.8 Å². The summed E-state index contributed by atoms with van der Waals surface area (Å²) in [7, 11) is 0. The van der Waals surface area contributed by atoms with Crippen molar-refractivity contribution in [3.63, 3.8) is 0 Å². The molecule has 2 aromatic heterocycles. The van der Waals surface area contributed by atoms with Crippen molar-refractivity contribution in [3.8, 4) is 17.1 Å². The van der Waals surface area contributed by atoms with Crippen molar-refractivity contribution in [3.05, 3.63) is 90.8 Å². The van der Waals surface area contributed by atoms with E-state index in [1.54, 1.807) is 12.4 Å². The van der Waals surface area contributed by atoms with Crippen LogP contribution in [-0.2, 0) is 11.2 Å².